The van der Waals surface area contributed by atoms with Crippen LogP contribution in [-0.4, -0.2) is 34.8 Å². The van der Waals surface area contributed by atoms with Gasteiger partial charge in [-0.1, -0.05) is 19.1 Å². The second-order valence-electron chi connectivity index (χ2n) is 5.19. The van der Waals surface area contributed by atoms with Crippen molar-refractivity contribution in [1.82, 2.24) is 4.90 Å². The maximum Gasteiger partial charge on any atom is 0.309 e. The van der Waals surface area contributed by atoms with Crippen molar-refractivity contribution < 1.29 is 9.90 Å². The van der Waals surface area contributed by atoms with E-state index in [4.69, 9.17) is 10.5 Å². The van der Waals surface area contributed by atoms with Crippen LogP contribution < -0.4 is 0 Å². The lowest BCUT2D eigenvalue weighted by molar-refractivity contribution is -0.147. The number of hydrogen-bond acceptors (Lipinski definition) is 3. The topological polar surface area (TPSA) is 64.4 Å². The van der Waals surface area contributed by atoms with Gasteiger partial charge < -0.3 is 10.5 Å². The predicted molar refractivity (Wildman–Crippen MR) is 74.7 cm³/mol. The molecule has 2 N–H and O–H groups in total. The van der Waals surface area contributed by atoms with Gasteiger partial charge in [0.05, 0.1) is 5.92 Å². The monoisotopic (exact) mass is 260 g/mol. The SMILES string of the molecule is CCc1cc(C(C)=N)ccc1CN1CC(C(=O)O)C1. The Hall–Kier alpha value is -1.68. The Labute approximate surface area is 113 Å². The highest BCUT2D eigenvalue weighted by atomic mass is 16.4. The third-order valence-corrected chi connectivity index (χ3v) is 3.72. The molecule has 1 aromatic carbocycles. The fourth-order valence-corrected chi connectivity index (χ4v) is 2.44. The standard InChI is InChI=1S/C15H20N2O2/c1-3-11-6-12(10(2)16)4-5-13(11)7-17-8-14(9-17)15(18)19/h4-6,14,16H,3,7-9H2,1-2H3,(H,18,19). The molecule has 1 aliphatic heterocycles. The molecule has 102 valence electrons. The van der Waals surface area contributed by atoms with E-state index in [9.17, 15) is 4.79 Å². The van der Waals surface area contributed by atoms with Gasteiger partial charge in [-0.15, -0.1) is 0 Å². The first-order valence-corrected chi connectivity index (χ1v) is 6.63. The number of aryl methyl sites for hydroxylation is 1. The van der Waals surface area contributed by atoms with E-state index in [0.717, 1.165) is 18.5 Å². The Kier molecular flexibility index (Phi) is 4.00. The van der Waals surface area contributed by atoms with Crippen LogP contribution in [0, 0.1) is 11.3 Å². The van der Waals surface area contributed by atoms with Crippen LogP contribution in [0.2, 0.25) is 0 Å². The smallest absolute Gasteiger partial charge is 0.309 e. The summed E-state index contributed by atoms with van der Waals surface area (Å²) >= 11 is 0. The molecule has 1 heterocycles. The number of aliphatic carboxylic acids is 1. The zero-order valence-electron chi connectivity index (χ0n) is 11.4. The van der Waals surface area contributed by atoms with Crippen LogP contribution in [0.5, 0.6) is 0 Å². The zero-order chi connectivity index (χ0) is 14.0. The first-order valence-electron chi connectivity index (χ1n) is 6.63. The third kappa shape index (κ3) is 3.01. The van der Waals surface area contributed by atoms with Gasteiger partial charge in [-0.05, 0) is 36.1 Å². The highest BCUT2D eigenvalue weighted by molar-refractivity contribution is 5.96. The average Bonchev–Trinajstić information content (AvgIpc) is 2.32. The number of nitrogens with zero attached hydrogens (tertiary/aromatic N) is 1. The van der Waals surface area contributed by atoms with Crippen molar-refractivity contribution >= 4 is 11.7 Å². The van der Waals surface area contributed by atoms with Crippen LogP contribution in [0.1, 0.15) is 30.5 Å². The second-order valence-corrected chi connectivity index (χ2v) is 5.19. The summed E-state index contributed by atoms with van der Waals surface area (Å²) in [6.45, 7) is 6.00. The summed E-state index contributed by atoms with van der Waals surface area (Å²) in [5.41, 5.74) is 4.04. The Morgan fingerprint density at radius 1 is 1.42 bits per heavy atom. The molecule has 0 amide bonds. The van der Waals surface area contributed by atoms with Crippen LogP contribution >= 0.6 is 0 Å². The number of carbonyl (C=O) groups is 1. The van der Waals surface area contributed by atoms with Crippen molar-refractivity contribution in [3.63, 3.8) is 0 Å². The molecule has 0 atom stereocenters. The van der Waals surface area contributed by atoms with Gasteiger partial charge in [-0.2, -0.15) is 0 Å². The summed E-state index contributed by atoms with van der Waals surface area (Å²) in [5.74, 6) is -0.894. The first kappa shape index (κ1) is 13.7. The summed E-state index contributed by atoms with van der Waals surface area (Å²) in [7, 11) is 0. The Balaban J connectivity index is 2.05. The average molecular weight is 260 g/mol. The van der Waals surface area contributed by atoms with Crippen LogP contribution in [0.4, 0.5) is 0 Å². The van der Waals surface area contributed by atoms with Crippen molar-refractivity contribution in [1.29, 1.82) is 5.41 Å². The summed E-state index contributed by atoms with van der Waals surface area (Å²) in [4.78, 5) is 12.9. The van der Waals surface area contributed by atoms with Gasteiger partial charge >= 0.3 is 5.97 Å². The van der Waals surface area contributed by atoms with Gasteiger partial charge in [0.2, 0.25) is 0 Å². The Morgan fingerprint density at radius 3 is 2.63 bits per heavy atom. The molecular formula is C15H20N2O2. The second kappa shape index (κ2) is 5.53. The van der Waals surface area contributed by atoms with Crippen molar-refractivity contribution in [2.45, 2.75) is 26.8 Å². The molecule has 4 heteroatoms. The van der Waals surface area contributed by atoms with Gasteiger partial charge in [-0.25, -0.2) is 0 Å². The third-order valence-electron chi connectivity index (χ3n) is 3.72. The number of carboxylic acids is 1. The number of hydrogen-bond donors (Lipinski definition) is 2. The van der Waals surface area contributed by atoms with E-state index < -0.39 is 5.97 Å². The van der Waals surface area contributed by atoms with Crippen LogP contribution in [-0.2, 0) is 17.8 Å². The number of carboxylic acid groups (broad SMARTS) is 1. The largest absolute Gasteiger partial charge is 0.481 e. The lowest BCUT2D eigenvalue weighted by Crippen LogP contribution is -2.49. The summed E-state index contributed by atoms with van der Waals surface area (Å²) in [5, 5.41) is 16.5. The number of rotatable bonds is 5. The molecule has 0 unspecified atom stereocenters. The van der Waals surface area contributed by atoms with Gasteiger partial charge in [0.1, 0.15) is 0 Å². The number of nitrogens with one attached hydrogen (secondary N) is 1. The fourth-order valence-electron chi connectivity index (χ4n) is 2.44. The molecule has 1 aromatic rings. The quantitative estimate of drug-likeness (QED) is 0.797. The minimum atomic E-state index is -0.693. The Bertz CT molecular complexity index is 505. The molecule has 0 bridgehead atoms. The van der Waals surface area contributed by atoms with Crippen molar-refractivity contribution in [3.8, 4) is 0 Å². The number of likely N-dealkylation sites (tertiary alicyclic amines) is 1. The minimum Gasteiger partial charge on any atom is -0.481 e. The van der Waals surface area contributed by atoms with Gasteiger partial charge in [0.25, 0.3) is 0 Å². The van der Waals surface area contributed by atoms with Gasteiger partial charge in [-0.3, -0.25) is 9.69 Å². The maximum absolute atomic E-state index is 10.8. The maximum atomic E-state index is 10.8. The molecule has 1 fully saturated rings. The molecule has 0 aromatic heterocycles. The predicted octanol–water partition coefficient (Wildman–Crippen LogP) is 2.15. The lowest BCUT2D eigenvalue weighted by Gasteiger charge is -2.37. The van der Waals surface area contributed by atoms with E-state index in [1.165, 1.54) is 11.1 Å². The van der Waals surface area contributed by atoms with E-state index in [1.807, 2.05) is 6.07 Å². The Morgan fingerprint density at radius 2 is 2.11 bits per heavy atom. The molecule has 1 saturated heterocycles. The summed E-state index contributed by atoms with van der Waals surface area (Å²) < 4.78 is 0. The molecule has 0 aliphatic carbocycles. The molecule has 2 rings (SSSR count). The van der Waals surface area contributed by atoms with E-state index in [-0.39, 0.29) is 5.92 Å². The first-order chi connectivity index (χ1) is 9.01. The molecule has 19 heavy (non-hydrogen) atoms. The molecule has 1 aliphatic rings. The van der Waals surface area contributed by atoms with Crippen LogP contribution in [0.25, 0.3) is 0 Å². The van der Waals surface area contributed by atoms with Gasteiger partial charge in [0, 0.05) is 25.3 Å². The molecule has 4 nitrogen and oxygen atoms in total. The van der Waals surface area contributed by atoms with E-state index >= 15 is 0 Å². The highest BCUT2D eigenvalue weighted by Crippen LogP contribution is 2.22. The molecular weight excluding hydrogens is 240 g/mol. The molecule has 0 radical (unpaired) electrons. The highest BCUT2D eigenvalue weighted by Gasteiger charge is 2.32. The van der Waals surface area contributed by atoms with E-state index in [2.05, 4.69) is 24.0 Å². The summed E-state index contributed by atoms with van der Waals surface area (Å²) in [6.07, 6.45) is 0.937. The van der Waals surface area contributed by atoms with E-state index in [1.54, 1.807) is 6.92 Å². The van der Waals surface area contributed by atoms with Crippen LogP contribution in [0.15, 0.2) is 18.2 Å². The van der Waals surface area contributed by atoms with E-state index in [0.29, 0.717) is 18.8 Å². The lowest BCUT2D eigenvalue weighted by atomic mass is 9.96. The zero-order valence-corrected chi connectivity index (χ0v) is 11.4. The van der Waals surface area contributed by atoms with Crippen LogP contribution in [0.3, 0.4) is 0 Å². The van der Waals surface area contributed by atoms with Crippen molar-refractivity contribution in [2.24, 2.45) is 5.92 Å². The molecule has 0 saturated carbocycles. The van der Waals surface area contributed by atoms with Gasteiger partial charge in [0.15, 0.2) is 0 Å². The normalized spacial score (nSPS) is 16.1. The molecule has 0 spiro atoms. The fraction of sp³-hybridized carbons (Fsp3) is 0.467. The minimum absolute atomic E-state index is 0.201. The van der Waals surface area contributed by atoms with Crippen molar-refractivity contribution in [3.05, 3.63) is 34.9 Å². The summed E-state index contributed by atoms with van der Waals surface area (Å²) in [6, 6.07) is 6.12. The van der Waals surface area contributed by atoms with Crippen molar-refractivity contribution in [2.75, 3.05) is 13.1 Å². The number of benzene rings is 1.